The number of rotatable bonds is 5. The third-order valence-corrected chi connectivity index (χ3v) is 10.4. The second-order valence-corrected chi connectivity index (χ2v) is 12.2. The summed E-state index contributed by atoms with van der Waals surface area (Å²) in [6.45, 7) is 14.9. The topological polar surface area (TPSA) is 20.2 Å². The van der Waals surface area contributed by atoms with E-state index in [0.29, 0.717) is 16.7 Å². The monoisotopic (exact) mass is 398 g/mol. The molecule has 0 radical (unpaired) electrons. The molecule has 0 aromatic heterocycles. The molecule has 0 aliphatic heterocycles. The van der Waals surface area contributed by atoms with Crippen LogP contribution in [0.3, 0.4) is 0 Å². The maximum atomic E-state index is 10.2. The van der Waals surface area contributed by atoms with E-state index in [9.17, 15) is 5.11 Å². The van der Waals surface area contributed by atoms with Crippen LogP contribution >= 0.6 is 0 Å². The molecular weight excluding hydrogens is 352 g/mol. The molecule has 29 heavy (non-hydrogen) atoms. The molecule has 7 atom stereocenters. The first-order chi connectivity index (χ1) is 13.7. The Morgan fingerprint density at radius 2 is 1.76 bits per heavy atom. The van der Waals surface area contributed by atoms with Crippen molar-refractivity contribution < 1.29 is 5.11 Å². The van der Waals surface area contributed by atoms with Crippen molar-refractivity contribution in [3.05, 3.63) is 22.8 Å². The maximum absolute atomic E-state index is 10.2. The van der Waals surface area contributed by atoms with Gasteiger partial charge in [-0.3, -0.25) is 0 Å². The second-order valence-electron chi connectivity index (χ2n) is 12.2. The van der Waals surface area contributed by atoms with Gasteiger partial charge in [0.15, 0.2) is 0 Å². The first-order valence-corrected chi connectivity index (χ1v) is 12.8. The van der Waals surface area contributed by atoms with Gasteiger partial charge in [0, 0.05) is 0 Å². The third kappa shape index (κ3) is 3.58. The number of aliphatic hydroxyl groups is 1. The zero-order chi connectivity index (χ0) is 21.0. The van der Waals surface area contributed by atoms with Crippen LogP contribution in [-0.4, -0.2) is 11.2 Å². The predicted octanol–water partition coefficient (Wildman–Crippen LogP) is 7.70. The van der Waals surface area contributed by atoms with Crippen molar-refractivity contribution in [1.29, 1.82) is 0 Å². The number of aliphatic hydroxyl groups excluding tert-OH is 1. The minimum absolute atomic E-state index is 0.0479. The summed E-state index contributed by atoms with van der Waals surface area (Å²) in [5.41, 5.74) is 6.13. The van der Waals surface area contributed by atoms with E-state index in [-0.39, 0.29) is 6.10 Å². The fourth-order valence-electron chi connectivity index (χ4n) is 7.79. The summed E-state index contributed by atoms with van der Waals surface area (Å²) in [4.78, 5) is 0. The molecule has 0 saturated heterocycles. The van der Waals surface area contributed by atoms with Crippen LogP contribution in [-0.2, 0) is 0 Å². The van der Waals surface area contributed by atoms with Gasteiger partial charge in [-0.25, -0.2) is 0 Å². The fourth-order valence-corrected chi connectivity index (χ4v) is 7.79. The number of fused-ring (bicyclic) bond motifs is 4. The highest BCUT2D eigenvalue weighted by molar-refractivity contribution is 5.49. The molecule has 4 aliphatic carbocycles. The van der Waals surface area contributed by atoms with E-state index >= 15 is 0 Å². The molecule has 1 N–H and O–H groups in total. The first-order valence-electron chi connectivity index (χ1n) is 12.8. The first kappa shape index (κ1) is 21.7. The molecule has 0 heterocycles. The molecule has 0 aromatic carbocycles. The van der Waals surface area contributed by atoms with Crippen LogP contribution in [0.1, 0.15) is 106 Å². The Labute approximate surface area is 180 Å². The molecule has 1 fully saturated rings. The average molecular weight is 399 g/mol. The second kappa shape index (κ2) is 7.85. The van der Waals surface area contributed by atoms with E-state index in [2.05, 4.69) is 47.6 Å². The minimum Gasteiger partial charge on any atom is -0.393 e. The fraction of sp³-hybridized carbons (Fsp3) is 0.857. The minimum atomic E-state index is -0.0479. The number of hydrogen-bond acceptors (Lipinski definition) is 1. The van der Waals surface area contributed by atoms with Gasteiger partial charge >= 0.3 is 0 Å². The molecule has 164 valence electrons. The van der Waals surface area contributed by atoms with Crippen LogP contribution in [0.5, 0.6) is 0 Å². The molecule has 0 bridgehead atoms. The summed E-state index contributed by atoms with van der Waals surface area (Å²) in [5.74, 6) is 4.03. The van der Waals surface area contributed by atoms with Gasteiger partial charge in [0.05, 0.1) is 6.10 Å². The Balaban J connectivity index is 1.53. The van der Waals surface area contributed by atoms with Crippen molar-refractivity contribution >= 4 is 0 Å². The van der Waals surface area contributed by atoms with E-state index in [1.165, 1.54) is 51.4 Å². The zero-order valence-corrected chi connectivity index (χ0v) is 20.1. The normalized spacial score (nSPS) is 41.5. The highest BCUT2D eigenvalue weighted by Gasteiger charge is 2.52. The van der Waals surface area contributed by atoms with Crippen molar-refractivity contribution in [1.82, 2.24) is 0 Å². The molecule has 1 saturated carbocycles. The summed E-state index contributed by atoms with van der Waals surface area (Å²) in [6.07, 6.45) is 15.2. The van der Waals surface area contributed by atoms with E-state index in [0.717, 1.165) is 36.5 Å². The molecule has 0 unspecified atom stereocenters. The number of allylic oxidation sites excluding steroid dienone is 4. The Morgan fingerprint density at radius 3 is 2.48 bits per heavy atom. The standard InChI is InChI=1S/C28H46O/c1-18(2)19(3)7-8-20(4)24-11-12-25-23-10-9-21-17-22(29)13-15-27(21,5)26(23)14-16-28(24,25)6/h12,18-22,24,29H,7-11,13-17H2,1-6H3/t19-,20-,21+,22+,24-,27+,28-/m1/s1. The molecule has 1 nitrogen and oxygen atoms in total. The van der Waals surface area contributed by atoms with Crippen molar-refractivity contribution in [2.75, 3.05) is 0 Å². The SMILES string of the molecule is CC(C)[C@H](C)CC[C@@H](C)[C@H]1CC=C2C3=C(CC[C@@]21C)[C@@]1(C)CC[C@H](O)C[C@@H]1CC3. The van der Waals surface area contributed by atoms with Gasteiger partial charge < -0.3 is 5.11 Å². The lowest BCUT2D eigenvalue weighted by Crippen LogP contribution is -2.44. The number of hydrogen-bond donors (Lipinski definition) is 1. The van der Waals surface area contributed by atoms with E-state index < -0.39 is 0 Å². The van der Waals surface area contributed by atoms with E-state index in [1.807, 2.05) is 5.57 Å². The summed E-state index contributed by atoms with van der Waals surface area (Å²) < 4.78 is 0. The highest BCUT2D eigenvalue weighted by Crippen LogP contribution is 2.64. The van der Waals surface area contributed by atoms with Crippen molar-refractivity contribution in [2.45, 2.75) is 112 Å². The summed E-state index contributed by atoms with van der Waals surface area (Å²) >= 11 is 0. The van der Waals surface area contributed by atoms with Crippen LogP contribution in [0, 0.1) is 40.4 Å². The Hall–Kier alpha value is -0.560. The quantitative estimate of drug-likeness (QED) is 0.503. The third-order valence-electron chi connectivity index (χ3n) is 10.4. The van der Waals surface area contributed by atoms with Gasteiger partial charge in [-0.05, 0) is 103 Å². The van der Waals surface area contributed by atoms with E-state index in [4.69, 9.17) is 0 Å². The average Bonchev–Trinajstić information content (AvgIpc) is 3.03. The van der Waals surface area contributed by atoms with Crippen LogP contribution < -0.4 is 0 Å². The van der Waals surface area contributed by atoms with Crippen LogP contribution in [0.25, 0.3) is 0 Å². The largest absolute Gasteiger partial charge is 0.393 e. The van der Waals surface area contributed by atoms with Crippen molar-refractivity contribution in [3.63, 3.8) is 0 Å². The molecule has 0 aromatic rings. The lowest BCUT2D eigenvalue weighted by atomic mass is 9.51. The summed E-state index contributed by atoms with van der Waals surface area (Å²) in [5, 5.41) is 10.2. The lowest BCUT2D eigenvalue weighted by molar-refractivity contribution is 0.0225. The highest BCUT2D eigenvalue weighted by atomic mass is 16.3. The van der Waals surface area contributed by atoms with Crippen LogP contribution in [0.2, 0.25) is 0 Å². The van der Waals surface area contributed by atoms with Gasteiger partial charge in [0.1, 0.15) is 0 Å². The Morgan fingerprint density at radius 1 is 1.00 bits per heavy atom. The van der Waals surface area contributed by atoms with E-state index in [1.54, 1.807) is 11.1 Å². The van der Waals surface area contributed by atoms with Gasteiger partial charge in [0.2, 0.25) is 0 Å². The van der Waals surface area contributed by atoms with Gasteiger partial charge in [-0.15, -0.1) is 0 Å². The van der Waals surface area contributed by atoms with Gasteiger partial charge in [-0.2, -0.15) is 0 Å². The molecule has 0 spiro atoms. The van der Waals surface area contributed by atoms with Gasteiger partial charge in [-0.1, -0.05) is 66.0 Å². The molecule has 4 rings (SSSR count). The molecule has 4 aliphatic rings. The van der Waals surface area contributed by atoms with Crippen molar-refractivity contribution in [2.24, 2.45) is 40.4 Å². The summed E-state index contributed by atoms with van der Waals surface area (Å²) in [6, 6.07) is 0. The smallest absolute Gasteiger partial charge is 0.0543 e. The molecule has 0 amide bonds. The van der Waals surface area contributed by atoms with Crippen molar-refractivity contribution in [3.8, 4) is 0 Å². The lowest BCUT2D eigenvalue weighted by Gasteiger charge is -2.54. The summed E-state index contributed by atoms with van der Waals surface area (Å²) in [7, 11) is 0. The molecule has 1 heteroatoms. The van der Waals surface area contributed by atoms with Crippen LogP contribution in [0.15, 0.2) is 22.8 Å². The Bertz CT molecular complexity index is 684. The van der Waals surface area contributed by atoms with Crippen LogP contribution in [0.4, 0.5) is 0 Å². The van der Waals surface area contributed by atoms with Gasteiger partial charge in [0.25, 0.3) is 0 Å². The zero-order valence-electron chi connectivity index (χ0n) is 20.1. The molecular formula is C28H46O. The predicted molar refractivity (Wildman–Crippen MR) is 124 cm³/mol. The Kier molecular flexibility index (Phi) is 5.86. The maximum Gasteiger partial charge on any atom is 0.0543 e.